The van der Waals surface area contributed by atoms with Gasteiger partial charge in [-0.05, 0) is 42.8 Å². The Morgan fingerprint density at radius 3 is 2.68 bits per heavy atom. The summed E-state index contributed by atoms with van der Waals surface area (Å²) in [4.78, 5) is 25.1. The molecule has 1 rings (SSSR count). The molecule has 0 aliphatic rings. The summed E-state index contributed by atoms with van der Waals surface area (Å²) in [6.45, 7) is 4.70. The van der Waals surface area contributed by atoms with Gasteiger partial charge in [-0.25, -0.2) is 4.79 Å². The third-order valence-corrected chi connectivity index (χ3v) is 2.53. The molecule has 1 aromatic heterocycles. The van der Waals surface area contributed by atoms with E-state index in [9.17, 15) is 25.1 Å². The number of nitrogens with one attached hydrogen (secondary N) is 1. The first-order chi connectivity index (χ1) is 10.1. The number of ether oxygens (including phenoxy) is 1. The molecule has 2 unspecified atom stereocenters. The summed E-state index contributed by atoms with van der Waals surface area (Å²) < 4.78 is 4.97. The number of nitrogens with zero attached hydrogens (tertiary/aromatic N) is 2. The van der Waals surface area contributed by atoms with Gasteiger partial charge in [-0.1, -0.05) is 0 Å². The highest BCUT2D eigenvalue weighted by atomic mass is 16.6. The number of alkyl carbamates (subject to hydrolysis) is 1. The number of amides is 1. The van der Waals surface area contributed by atoms with Gasteiger partial charge in [-0.3, -0.25) is 0 Å². The lowest BCUT2D eigenvalue weighted by molar-refractivity contribution is -0.391. The fraction of sp³-hybridized carbons (Fsp3) is 0.538. The molecule has 0 saturated heterocycles. The summed E-state index contributed by atoms with van der Waals surface area (Å²) >= 11 is 0. The maximum absolute atomic E-state index is 11.5. The molecule has 1 amide bonds. The molecule has 0 aliphatic heterocycles. The van der Waals surface area contributed by atoms with Crippen LogP contribution < -0.4 is 5.32 Å². The molecule has 0 fully saturated rings. The van der Waals surface area contributed by atoms with E-state index in [2.05, 4.69) is 10.3 Å². The number of aliphatic hydroxyl groups excluding tert-OH is 2. The Morgan fingerprint density at radius 2 is 2.14 bits per heavy atom. The zero-order chi connectivity index (χ0) is 16.9. The van der Waals surface area contributed by atoms with E-state index >= 15 is 0 Å². The van der Waals surface area contributed by atoms with Gasteiger partial charge >= 0.3 is 11.9 Å². The molecule has 1 aromatic rings. The second kappa shape index (κ2) is 7.14. The quantitative estimate of drug-likeness (QED) is 0.543. The van der Waals surface area contributed by atoms with Crippen molar-refractivity contribution < 1.29 is 24.7 Å². The average Bonchev–Trinajstić information content (AvgIpc) is 2.42. The number of carbonyl (C=O) groups excluding carboxylic acids is 1. The maximum Gasteiger partial charge on any atom is 0.407 e. The summed E-state index contributed by atoms with van der Waals surface area (Å²) in [5, 5.41) is 32.9. The van der Waals surface area contributed by atoms with Crippen molar-refractivity contribution in [1.82, 2.24) is 10.3 Å². The number of aromatic nitrogens is 1. The van der Waals surface area contributed by atoms with Crippen LogP contribution in [0.25, 0.3) is 0 Å². The normalized spacial score (nSPS) is 14.0. The molecule has 0 radical (unpaired) electrons. The van der Waals surface area contributed by atoms with Gasteiger partial charge in [-0.15, -0.1) is 0 Å². The summed E-state index contributed by atoms with van der Waals surface area (Å²) in [5.74, 6) is -0.550. The van der Waals surface area contributed by atoms with Crippen LogP contribution in [0.15, 0.2) is 18.3 Å². The van der Waals surface area contributed by atoms with Crippen molar-refractivity contribution >= 4 is 11.9 Å². The van der Waals surface area contributed by atoms with Crippen molar-refractivity contribution in [2.24, 2.45) is 0 Å². The highest BCUT2D eigenvalue weighted by Gasteiger charge is 2.27. The molecule has 0 aliphatic carbocycles. The number of rotatable bonds is 5. The van der Waals surface area contributed by atoms with Crippen LogP contribution in [0, 0.1) is 10.1 Å². The lowest BCUT2D eigenvalue weighted by atomic mass is 10.1. The largest absolute Gasteiger partial charge is 0.444 e. The number of hydrogen-bond donors (Lipinski definition) is 3. The lowest BCUT2D eigenvalue weighted by Crippen LogP contribution is -2.39. The zero-order valence-corrected chi connectivity index (χ0v) is 12.5. The van der Waals surface area contributed by atoms with E-state index in [-0.39, 0.29) is 12.1 Å². The van der Waals surface area contributed by atoms with Crippen LogP contribution in [0.3, 0.4) is 0 Å². The van der Waals surface area contributed by atoms with Crippen molar-refractivity contribution in [3.8, 4) is 0 Å². The summed E-state index contributed by atoms with van der Waals surface area (Å²) in [6, 6.07) is 2.69. The highest BCUT2D eigenvalue weighted by Crippen LogP contribution is 2.24. The molecule has 122 valence electrons. The second-order valence-electron chi connectivity index (χ2n) is 5.57. The van der Waals surface area contributed by atoms with Gasteiger partial charge in [0, 0.05) is 6.54 Å². The monoisotopic (exact) mass is 313 g/mol. The van der Waals surface area contributed by atoms with E-state index in [1.165, 1.54) is 18.3 Å². The third-order valence-electron chi connectivity index (χ3n) is 2.53. The first-order valence-electron chi connectivity index (χ1n) is 6.54. The Labute approximate surface area is 127 Å². The number of pyridine rings is 1. The SMILES string of the molecule is CC(C)(C)OC(=O)NCC(O)C(O)c1cccnc1[N+](=O)[O-]. The van der Waals surface area contributed by atoms with E-state index in [1.54, 1.807) is 20.8 Å². The molecule has 2 atom stereocenters. The minimum Gasteiger partial charge on any atom is -0.444 e. The van der Waals surface area contributed by atoms with E-state index in [4.69, 9.17) is 4.74 Å². The standard InChI is InChI=1S/C13H19N3O6/c1-13(2,3)22-12(19)15-7-9(17)10(18)8-5-4-6-14-11(8)16(20)21/h4-6,9-10,17-18H,7H2,1-3H3,(H,15,19). The fourth-order valence-electron chi connectivity index (χ4n) is 1.61. The molecule has 0 bridgehead atoms. The Balaban J connectivity index is 2.68. The van der Waals surface area contributed by atoms with Crippen LogP contribution >= 0.6 is 0 Å². The highest BCUT2D eigenvalue weighted by molar-refractivity contribution is 5.67. The third kappa shape index (κ3) is 5.26. The van der Waals surface area contributed by atoms with Crippen LogP contribution in [0.5, 0.6) is 0 Å². The van der Waals surface area contributed by atoms with E-state index in [0.29, 0.717) is 0 Å². The number of hydrogen-bond acceptors (Lipinski definition) is 7. The van der Waals surface area contributed by atoms with Crippen LogP contribution in [0.2, 0.25) is 0 Å². The van der Waals surface area contributed by atoms with Crippen molar-refractivity contribution in [3.63, 3.8) is 0 Å². The first-order valence-corrected chi connectivity index (χ1v) is 6.54. The summed E-state index contributed by atoms with van der Waals surface area (Å²) in [5.41, 5.74) is -0.832. The van der Waals surface area contributed by atoms with E-state index in [1.807, 2.05) is 0 Å². The van der Waals surface area contributed by atoms with Crippen molar-refractivity contribution in [2.45, 2.75) is 38.6 Å². The van der Waals surface area contributed by atoms with Gasteiger partial charge in [0.25, 0.3) is 0 Å². The predicted octanol–water partition coefficient (Wildman–Crippen LogP) is 0.909. The van der Waals surface area contributed by atoms with E-state index < -0.39 is 34.6 Å². The van der Waals surface area contributed by atoms with Gasteiger partial charge < -0.3 is 30.4 Å². The second-order valence-corrected chi connectivity index (χ2v) is 5.57. The van der Waals surface area contributed by atoms with Crippen LogP contribution in [0.4, 0.5) is 10.6 Å². The minimum absolute atomic E-state index is 0.133. The van der Waals surface area contributed by atoms with Gasteiger partial charge in [0.15, 0.2) is 0 Å². The van der Waals surface area contributed by atoms with E-state index in [0.717, 1.165) is 0 Å². The Kier molecular flexibility index (Phi) is 5.77. The topological polar surface area (TPSA) is 135 Å². The van der Waals surface area contributed by atoms with Crippen molar-refractivity contribution in [1.29, 1.82) is 0 Å². The fourth-order valence-corrected chi connectivity index (χ4v) is 1.61. The molecule has 0 saturated carbocycles. The predicted molar refractivity (Wildman–Crippen MR) is 76.1 cm³/mol. The van der Waals surface area contributed by atoms with Gasteiger partial charge in [-0.2, -0.15) is 0 Å². The van der Waals surface area contributed by atoms with Crippen LogP contribution in [-0.4, -0.2) is 44.5 Å². The molecular weight excluding hydrogens is 294 g/mol. The van der Waals surface area contributed by atoms with Gasteiger partial charge in [0.2, 0.25) is 0 Å². The van der Waals surface area contributed by atoms with Crippen molar-refractivity contribution in [2.75, 3.05) is 6.54 Å². The first kappa shape index (κ1) is 17.8. The average molecular weight is 313 g/mol. The van der Waals surface area contributed by atoms with Crippen LogP contribution in [0.1, 0.15) is 32.4 Å². The molecule has 1 heterocycles. The maximum atomic E-state index is 11.5. The Bertz CT molecular complexity index is 543. The number of nitro groups is 1. The van der Waals surface area contributed by atoms with Gasteiger partial charge in [0.1, 0.15) is 24.0 Å². The molecule has 9 nitrogen and oxygen atoms in total. The molecule has 0 aromatic carbocycles. The Morgan fingerprint density at radius 1 is 1.50 bits per heavy atom. The Hall–Kier alpha value is -2.26. The minimum atomic E-state index is -1.57. The number of carbonyl (C=O) groups is 1. The number of aliphatic hydroxyl groups is 2. The van der Waals surface area contributed by atoms with Crippen molar-refractivity contribution in [3.05, 3.63) is 34.0 Å². The zero-order valence-electron chi connectivity index (χ0n) is 12.5. The smallest absolute Gasteiger partial charge is 0.407 e. The molecule has 22 heavy (non-hydrogen) atoms. The van der Waals surface area contributed by atoms with Gasteiger partial charge in [0.05, 0.1) is 5.56 Å². The lowest BCUT2D eigenvalue weighted by Gasteiger charge is -2.22. The molecule has 9 heteroatoms. The van der Waals surface area contributed by atoms with Crippen LogP contribution in [-0.2, 0) is 4.74 Å². The molecule has 3 N–H and O–H groups in total. The summed E-state index contributed by atoms with van der Waals surface area (Å²) in [6.07, 6.45) is -2.57. The molecular formula is C13H19N3O6. The molecule has 0 spiro atoms. The summed E-state index contributed by atoms with van der Waals surface area (Å²) in [7, 11) is 0.